The molecule has 0 aliphatic heterocycles. The topological polar surface area (TPSA) is 46.9 Å². The lowest BCUT2D eigenvalue weighted by molar-refractivity contribution is -0.0784. The molecule has 1 fully saturated rings. The molecule has 34 heavy (non-hydrogen) atoms. The zero-order valence-corrected chi connectivity index (χ0v) is 20.9. The Morgan fingerprint density at radius 2 is 0.941 bits per heavy atom. The Balaban J connectivity index is 1.56. The van der Waals surface area contributed by atoms with Gasteiger partial charge in [0, 0.05) is 62.2 Å². The van der Waals surface area contributed by atoms with Crippen molar-refractivity contribution in [1.82, 2.24) is 0 Å². The van der Waals surface area contributed by atoms with E-state index in [1.807, 2.05) is 28.2 Å². The van der Waals surface area contributed by atoms with Crippen LogP contribution in [0.1, 0.15) is 34.1 Å². The third-order valence-electron chi connectivity index (χ3n) is 7.42. The molecular formula is C30H34N2O2. The third-order valence-corrected chi connectivity index (χ3v) is 7.42. The molecule has 0 unspecified atom stereocenters. The molecule has 0 bridgehead atoms. The molecule has 5 rings (SSSR count). The zero-order chi connectivity index (χ0) is 24.3. The van der Waals surface area contributed by atoms with E-state index in [0.717, 1.165) is 33.3 Å². The molecule has 0 radical (unpaired) electrons. The van der Waals surface area contributed by atoms with Gasteiger partial charge in [-0.05, 0) is 47.9 Å². The molecule has 0 amide bonds. The van der Waals surface area contributed by atoms with Gasteiger partial charge >= 0.3 is 0 Å². The SMILES string of the molecule is Cc1ccc2c(N(C)C)cc(C3C(O)C(c4cc(N(C)C)c5ccc(C)cc5c4)C3O)cc2c1. The second-order valence-corrected chi connectivity index (χ2v) is 10.4. The molecule has 4 heteroatoms. The maximum absolute atomic E-state index is 11.4. The van der Waals surface area contributed by atoms with Crippen molar-refractivity contribution in [2.75, 3.05) is 38.0 Å². The molecule has 0 saturated heterocycles. The van der Waals surface area contributed by atoms with E-state index in [4.69, 9.17) is 0 Å². The highest BCUT2D eigenvalue weighted by molar-refractivity contribution is 5.96. The molecule has 0 spiro atoms. The van der Waals surface area contributed by atoms with E-state index < -0.39 is 12.2 Å². The minimum absolute atomic E-state index is 0.315. The Bertz CT molecular complexity index is 1280. The van der Waals surface area contributed by atoms with E-state index in [0.29, 0.717) is 0 Å². The van der Waals surface area contributed by atoms with E-state index in [-0.39, 0.29) is 11.8 Å². The number of anilines is 2. The summed E-state index contributed by atoms with van der Waals surface area (Å²) in [5, 5.41) is 27.4. The average Bonchev–Trinajstić information content (AvgIpc) is 2.77. The standard InChI is InChI=1S/C30H34N2O2/c1-17-7-9-23-19(11-17)13-21(15-25(23)31(3)4)27-29(33)28(30(27)34)22-14-20-12-18(2)8-10-24(20)26(16-22)32(5)6/h7-16,27-30,33-34H,1-6H3. The van der Waals surface area contributed by atoms with Crippen molar-refractivity contribution in [2.24, 2.45) is 0 Å². The van der Waals surface area contributed by atoms with Gasteiger partial charge in [0.25, 0.3) is 0 Å². The second kappa shape index (κ2) is 8.30. The highest BCUT2D eigenvalue weighted by Gasteiger charge is 2.50. The Morgan fingerprint density at radius 3 is 1.29 bits per heavy atom. The normalized spacial score (nSPS) is 22.1. The molecule has 0 aromatic heterocycles. The summed E-state index contributed by atoms with van der Waals surface area (Å²) in [7, 11) is 8.15. The number of aliphatic hydroxyl groups excluding tert-OH is 2. The number of hydrogen-bond donors (Lipinski definition) is 2. The van der Waals surface area contributed by atoms with Gasteiger partial charge < -0.3 is 20.0 Å². The number of fused-ring (bicyclic) bond motifs is 2. The lowest BCUT2D eigenvalue weighted by atomic mass is 9.63. The largest absolute Gasteiger partial charge is 0.392 e. The van der Waals surface area contributed by atoms with Crippen LogP contribution in [0.4, 0.5) is 11.4 Å². The van der Waals surface area contributed by atoms with Crippen molar-refractivity contribution in [1.29, 1.82) is 0 Å². The summed E-state index contributed by atoms with van der Waals surface area (Å²) in [6.45, 7) is 4.18. The first-order valence-electron chi connectivity index (χ1n) is 11.9. The van der Waals surface area contributed by atoms with Crippen molar-refractivity contribution in [3.8, 4) is 0 Å². The fourth-order valence-corrected chi connectivity index (χ4v) is 5.60. The number of aryl methyl sites for hydroxylation is 2. The monoisotopic (exact) mass is 454 g/mol. The summed E-state index contributed by atoms with van der Waals surface area (Å²) in [6.07, 6.45) is -1.30. The number of rotatable bonds is 4. The van der Waals surface area contributed by atoms with Crippen molar-refractivity contribution in [2.45, 2.75) is 37.9 Å². The van der Waals surface area contributed by atoms with Gasteiger partial charge in [-0.3, -0.25) is 0 Å². The molecule has 4 nitrogen and oxygen atoms in total. The first kappa shape index (κ1) is 22.7. The molecule has 1 aliphatic carbocycles. The van der Waals surface area contributed by atoms with E-state index in [1.54, 1.807) is 0 Å². The van der Waals surface area contributed by atoms with Crippen molar-refractivity contribution in [3.63, 3.8) is 0 Å². The third kappa shape index (κ3) is 3.62. The molecule has 1 aliphatic rings. The van der Waals surface area contributed by atoms with Gasteiger partial charge in [-0.2, -0.15) is 0 Å². The first-order valence-corrected chi connectivity index (χ1v) is 11.9. The minimum atomic E-state index is -0.649. The molecule has 0 heterocycles. The quantitative estimate of drug-likeness (QED) is 0.437. The van der Waals surface area contributed by atoms with E-state index in [9.17, 15) is 10.2 Å². The highest BCUT2D eigenvalue weighted by atomic mass is 16.3. The minimum Gasteiger partial charge on any atom is -0.392 e. The van der Waals surface area contributed by atoms with Crippen LogP contribution in [0.5, 0.6) is 0 Å². The number of benzene rings is 4. The zero-order valence-electron chi connectivity index (χ0n) is 20.9. The fourth-order valence-electron chi connectivity index (χ4n) is 5.60. The average molecular weight is 455 g/mol. The van der Waals surface area contributed by atoms with Gasteiger partial charge in [0.05, 0.1) is 12.2 Å². The van der Waals surface area contributed by atoms with Gasteiger partial charge in [0.2, 0.25) is 0 Å². The Hall–Kier alpha value is -3.08. The molecule has 0 atom stereocenters. The van der Waals surface area contributed by atoms with Gasteiger partial charge in [0.1, 0.15) is 0 Å². The van der Waals surface area contributed by atoms with Crippen LogP contribution in [0.15, 0.2) is 60.7 Å². The first-order chi connectivity index (χ1) is 16.2. The van der Waals surface area contributed by atoms with Gasteiger partial charge in [-0.1, -0.05) is 59.7 Å². The summed E-state index contributed by atoms with van der Waals surface area (Å²) < 4.78 is 0. The fraction of sp³-hybridized carbons (Fsp3) is 0.333. The van der Waals surface area contributed by atoms with Crippen LogP contribution in [0.2, 0.25) is 0 Å². The molecule has 2 N–H and O–H groups in total. The van der Waals surface area contributed by atoms with Crippen molar-refractivity contribution in [3.05, 3.63) is 82.9 Å². The second-order valence-electron chi connectivity index (χ2n) is 10.4. The lowest BCUT2D eigenvalue weighted by Gasteiger charge is -2.47. The Kier molecular flexibility index (Phi) is 5.54. The van der Waals surface area contributed by atoms with E-state index >= 15 is 0 Å². The van der Waals surface area contributed by atoms with Gasteiger partial charge in [-0.25, -0.2) is 0 Å². The smallest absolute Gasteiger partial charge is 0.0727 e. The number of aliphatic hydroxyl groups is 2. The summed E-state index contributed by atoms with van der Waals surface area (Å²) in [5.74, 6) is -0.630. The van der Waals surface area contributed by atoms with Crippen LogP contribution in [0, 0.1) is 13.8 Å². The predicted octanol–water partition coefficient (Wildman–Crippen LogP) is 5.34. The molecule has 4 aromatic rings. The number of hydrogen-bond acceptors (Lipinski definition) is 4. The highest BCUT2D eigenvalue weighted by Crippen LogP contribution is 2.50. The van der Waals surface area contributed by atoms with Crippen LogP contribution >= 0.6 is 0 Å². The van der Waals surface area contributed by atoms with E-state index in [2.05, 4.69) is 84.3 Å². The van der Waals surface area contributed by atoms with Crippen LogP contribution in [0.25, 0.3) is 21.5 Å². The van der Waals surface area contributed by atoms with Gasteiger partial charge in [0.15, 0.2) is 0 Å². The van der Waals surface area contributed by atoms with Crippen LogP contribution in [0.3, 0.4) is 0 Å². The Morgan fingerprint density at radius 1 is 0.559 bits per heavy atom. The lowest BCUT2D eigenvalue weighted by Crippen LogP contribution is -2.51. The maximum Gasteiger partial charge on any atom is 0.0727 e. The predicted molar refractivity (Wildman–Crippen MR) is 144 cm³/mol. The van der Waals surface area contributed by atoms with Crippen molar-refractivity contribution < 1.29 is 10.2 Å². The number of nitrogens with zero attached hydrogens (tertiary/aromatic N) is 2. The van der Waals surface area contributed by atoms with Crippen LogP contribution < -0.4 is 9.80 Å². The van der Waals surface area contributed by atoms with Crippen LogP contribution in [-0.4, -0.2) is 50.6 Å². The summed E-state index contributed by atoms with van der Waals surface area (Å²) in [6, 6.07) is 21.4. The Labute approximate surface area is 202 Å². The van der Waals surface area contributed by atoms with Gasteiger partial charge in [-0.15, -0.1) is 0 Å². The van der Waals surface area contributed by atoms with Crippen LogP contribution in [-0.2, 0) is 0 Å². The van der Waals surface area contributed by atoms with Crippen molar-refractivity contribution >= 4 is 32.9 Å². The molecular weight excluding hydrogens is 420 g/mol. The summed E-state index contributed by atoms with van der Waals surface area (Å²) in [5.41, 5.74) is 6.58. The summed E-state index contributed by atoms with van der Waals surface area (Å²) in [4.78, 5) is 4.20. The van der Waals surface area contributed by atoms with E-state index in [1.165, 1.54) is 21.9 Å². The molecule has 4 aromatic carbocycles. The maximum atomic E-state index is 11.4. The molecule has 1 saturated carbocycles. The molecule has 176 valence electrons. The summed E-state index contributed by atoms with van der Waals surface area (Å²) >= 11 is 0.